The van der Waals surface area contributed by atoms with E-state index in [1.165, 1.54) is 41.5 Å². The zero-order valence-corrected chi connectivity index (χ0v) is 27.0. The van der Waals surface area contributed by atoms with Crippen LogP contribution in [0.25, 0.3) is 0 Å². The molecule has 0 unspecified atom stereocenters. The van der Waals surface area contributed by atoms with Gasteiger partial charge in [0.05, 0.1) is 39.1 Å². The number of nitrogens with two attached hydrogens (primary N) is 1. The van der Waals surface area contributed by atoms with E-state index in [4.69, 9.17) is 20.0 Å². The molecule has 0 saturated carbocycles. The van der Waals surface area contributed by atoms with Crippen molar-refractivity contribution >= 4 is 30.0 Å². The second-order valence-corrected chi connectivity index (χ2v) is 7.39. The Balaban J connectivity index is -0.000000127. The summed E-state index contributed by atoms with van der Waals surface area (Å²) >= 11 is 0. The van der Waals surface area contributed by atoms with Gasteiger partial charge in [-0.1, -0.05) is 20.8 Å². The predicted octanol–water partition coefficient (Wildman–Crippen LogP) is -1.66. The number of carbonyl (C=O) groups is 4. The summed E-state index contributed by atoms with van der Waals surface area (Å²) in [5.74, 6) is -1.97. The van der Waals surface area contributed by atoms with Gasteiger partial charge < -0.3 is 30.2 Å². The maximum Gasteiger partial charge on any atom is 1.00 e. The van der Waals surface area contributed by atoms with E-state index >= 15 is 0 Å². The molecule has 37 heavy (non-hydrogen) atoms. The monoisotopic (exact) mass is 554 g/mol. The van der Waals surface area contributed by atoms with Crippen molar-refractivity contribution in [2.24, 2.45) is 5.73 Å². The number of hydrogen-bond acceptors (Lipinski definition) is 11. The van der Waals surface area contributed by atoms with Crippen LogP contribution < -0.4 is 62.2 Å². The van der Waals surface area contributed by atoms with Gasteiger partial charge in [0.15, 0.2) is 5.78 Å². The van der Waals surface area contributed by atoms with Gasteiger partial charge in [0.25, 0.3) is 5.97 Å². The minimum absolute atomic E-state index is 0. The first-order chi connectivity index (χ1) is 16.4. The number of allylic oxidation sites excluding steroid dienone is 1. The summed E-state index contributed by atoms with van der Waals surface area (Å²) in [4.78, 5) is 49.8. The summed E-state index contributed by atoms with van der Waals surface area (Å²) in [6.07, 6.45) is 2.18. The Kier molecular flexibility index (Phi) is 30.7. The number of rotatable bonds is 4. The van der Waals surface area contributed by atoms with Crippen LogP contribution in [0.3, 0.4) is 0 Å². The summed E-state index contributed by atoms with van der Waals surface area (Å²) < 4.78 is 13.7. The Morgan fingerprint density at radius 3 is 1.51 bits per heavy atom. The van der Waals surface area contributed by atoms with Gasteiger partial charge in [-0.2, -0.15) is 0 Å². The topological polar surface area (TPSA) is 215 Å². The van der Waals surface area contributed by atoms with Crippen LogP contribution in [0.5, 0.6) is 0 Å². The summed E-state index contributed by atoms with van der Waals surface area (Å²) in [5, 5.41) is 23.4. The number of esters is 2. The number of ether oxygens (including phenoxy) is 3. The number of Topliss-reactive ketones (excluding diaryl/α,β-unsaturated/α-hetero) is 1. The summed E-state index contributed by atoms with van der Waals surface area (Å²) in [6.45, 7) is 12.3. The van der Waals surface area contributed by atoms with E-state index in [2.05, 4.69) is 25.2 Å². The van der Waals surface area contributed by atoms with Crippen molar-refractivity contribution in [2.45, 2.75) is 61.0 Å². The molecule has 0 saturated heterocycles. The van der Waals surface area contributed by atoms with E-state index < -0.39 is 17.5 Å². The fraction of sp³-hybridized carbons (Fsp3) is 0.522. The zero-order chi connectivity index (χ0) is 29.6. The molecule has 1 aromatic rings. The van der Waals surface area contributed by atoms with Crippen molar-refractivity contribution in [3.63, 3.8) is 0 Å². The first-order valence-electron chi connectivity index (χ1n) is 10.2. The quantitative estimate of drug-likeness (QED) is 0.0557. The molecule has 0 spiro atoms. The number of nitrogens with zero attached hydrogens (tertiary/aromatic N) is 2. The number of carboxylic acids is 1. The molecule has 206 valence electrons. The van der Waals surface area contributed by atoms with Gasteiger partial charge in [-0.15, -0.1) is 5.60 Å². The van der Waals surface area contributed by atoms with Gasteiger partial charge >= 0.3 is 63.3 Å². The molecule has 0 fully saturated rings. The van der Waals surface area contributed by atoms with Crippen molar-refractivity contribution in [1.82, 2.24) is 9.97 Å². The molecule has 14 heteroatoms. The van der Waals surface area contributed by atoms with Crippen LogP contribution in [0.1, 0.15) is 63.3 Å². The predicted molar refractivity (Wildman–Crippen MR) is 131 cm³/mol. The van der Waals surface area contributed by atoms with E-state index in [9.17, 15) is 19.5 Å². The summed E-state index contributed by atoms with van der Waals surface area (Å²) in [7, 11) is 3.95. The number of aliphatic carboxylic acids is 1. The molecule has 13 nitrogen and oxygen atoms in total. The Morgan fingerprint density at radius 2 is 1.30 bits per heavy atom. The Labute approximate surface area is 261 Å². The van der Waals surface area contributed by atoms with Gasteiger partial charge in [0.1, 0.15) is 23.2 Å². The third kappa shape index (κ3) is 29.9. The molecular weight excluding hydrogens is 515 g/mol. The van der Waals surface area contributed by atoms with Crippen molar-refractivity contribution in [1.29, 1.82) is 5.41 Å². The normalized spacial score (nSPS) is 9.51. The molecule has 0 aliphatic rings. The van der Waals surface area contributed by atoms with Gasteiger partial charge in [0, 0.05) is 6.92 Å². The second kappa shape index (κ2) is 25.4. The molecular formula is C23H39KN4O9. The number of methoxy groups -OCH3 is 3. The van der Waals surface area contributed by atoms with Crippen LogP contribution in [-0.4, -0.2) is 72.0 Å². The number of ketones is 1. The minimum atomic E-state index is -0.833. The van der Waals surface area contributed by atoms with Crippen LogP contribution in [-0.2, 0) is 28.6 Å². The van der Waals surface area contributed by atoms with Crippen molar-refractivity contribution < 1.29 is 95.0 Å². The molecule has 0 aliphatic carbocycles. The van der Waals surface area contributed by atoms with E-state index in [1.54, 1.807) is 34.6 Å². The second-order valence-electron chi connectivity index (χ2n) is 7.39. The number of aromatic nitrogens is 2. The molecule has 1 heterocycles. The molecule has 0 aromatic carbocycles. The molecule has 4 N–H and O–H groups in total. The molecule has 0 atom stereocenters. The fourth-order valence-corrected chi connectivity index (χ4v) is 1.73. The third-order valence-corrected chi connectivity index (χ3v) is 3.02. The average Bonchev–Trinajstić information content (AvgIpc) is 2.72. The Hall–Kier alpha value is -2.23. The molecule has 0 aliphatic heterocycles. The van der Waals surface area contributed by atoms with Crippen molar-refractivity contribution in [3.05, 3.63) is 34.6 Å². The number of carboxylic acid groups (broad SMARTS) is 1. The minimum Gasteiger partial charge on any atom is -0.850 e. The van der Waals surface area contributed by atoms with Gasteiger partial charge in [-0.05, 0) is 27.7 Å². The van der Waals surface area contributed by atoms with Gasteiger partial charge in [0.2, 0.25) is 0 Å². The van der Waals surface area contributed by atoms with E-state index in [0.717, 1.165) is 13.3 Å². The van der Waals surface area contributed by atoms with E-state index in [-0.39, 0.29) is 74.5 Å². The van der Waals surface area contributed by atoms with Crippen LogP contribution in [0.2, 0.25) is 0 Å². The average molecular weight is 555 g/mol. The summed E-state index contributed by atoms with van der Waals surface area (Å²) in [5.41, 5.74) is 5.35. The van der Waals surface area contributed by atoms with Crippen LogP contribution in [0.4, 0.5) is 0 Å². The zero-order valence-electron chi connectivity index (χ0n) is 23.8. The third-order valence-electron chi connectivity index (χ3n) is 3.02. The summed E-state index contributed by atoms with van der Waals surface area (Å²) in [6, 6.07) is 0. The molecule has 0 bridgehead atoms. The maximum atomic E-state index is 11.2. The number of hydrogen-bond donors (Lipinski definition) is 3. The number of nitrogens with one attached hydrogen (secondary N) is 1. The van der Waals surface area contributed by atoms with E-state index in [1.807, 2.05) is 0 Å². The molecule has 0 radical (unpaired) electrons. The van der Waals surface area contributed by atoms with Crippen LogP contribution in [0, 0.1) is 19.3 Å². The first kappa shape index (κ1) is 44.7. The number of carbonyl (C=O) groups excluding carboxylic acids is 3. The Bertz CT molecular complexity index is 853. The molecule has 1 aromatic heterocycles. The fourth-order valence-electron chi connectivity index (χ4n) is 1.73. The molecule has 1 rings (SSSR count). The van der Waals surface area contributed by atoms with Crippen molar-refractivity contribution in [2.75, 3.05) is 21.3 Å². The SMILES string of the molecule is CC(=O)O.CC(C)(C)[O-].COC(=O)C(C(C)=O)=C(C)OC.COC(=O)c1c(C)ncnc1C.N=CN.[K+]. The number of aryl methyl sites for hydroxylation is 2. The standard InChI is InChI=1S/C8H10N2O2.C8H12O4.C4H9O.C2H4O2.CH4N2.K/c1-5-7(8(11)12-3)6(2)10-4-9-5;1-5(9)7(6(2)11-3)8(10)12-4;1-4(2,3)5;1-2(3)4;2-1-3;/h4H,1-3H3;1-4H3;1-3H3;1H3,(H,3,4);1H,(H3,2,3);/q;;-1;;;+1. The Morgan fingerprint density at radius 1 is 0.973 bits per heavy atom. The van der Waals surface area contributed by atoms with Crippen molar-refractivity contribution in [3.8, 4) is 0 Å². The van der Waals surface area contributed by atoms with Crippen LogP contribution >= 0.6 is 0 Å². The largest absolute Gasteiger partial charge is 1.00 e. The molecule has 0 amide bonds. The maximum absolute atomic E-state index is 11.2. The van der Waals surface area contributed by atoms with E-state index in [0.29, 0.717) is 17.0 Å². The van der Waals surface area contributed by atoms with Gasteiger partial charge in [-0.3, -0.25) is 15.0 Å². The smallest absolute Gasteiger partial charge is 0.850 e. The first-order valence-corrected chi connectivity index (χ1v) is 10.2. The van der Waals surface area contributed by atoms with Gasteiger partial charge in [-0.25, -0.2) is 19.6 Å². The van der Waals surface area contributed by atoms with Crippen LogP contribution in [0.15, 0.2) is 17.7 Å².